The van der Waals surface area contributed by atoms with E-state index < -0.39 is 5.92 Å². The molecule has 0 fully saturated rings. The van der Waals surface area contributed by atoms with Gasteiger partial charge in [-0.15, -0.1) is 0 Å². The van der Waals surface area contributed by atoms with Crippen LogP contribution in [0.15, 0.2) is 35.9 Å². The number of benzene rings is 1. The molecule has 4 heteroatoms. The summed E-state index contributed by atoms with van der Waals surface area (Å²) in [5.74, 6) is -0.876. The molecule has 1 aromatic carbocycles. The molecule has 1 aliphatic rings. The second-order valence-corrected chi connectivity index (χ2v) is 5.66. The van der Waals surface area contributed by atoms with Crippen molar-refractivity contribution in [2.75, 3.05) is 0 Å². The number of rotatable bonds is 6. The number of fused-ring (bicyclic) bond motifs is 1. The van der Waals surface area contributed by atoms with Crippen LogP contribution in [0.25, 0.3) is 0 Å². The molecule has 1 aromatic rings. The molecule has 2 rings (SSSR count). The third kappa shape index (κ3) is 3.45. The van der Waals surface area contributed by atoms with Crippen LogP contribution < -0.4 is 0 Å². The van der Waals surface area contributed by atoms with Crippen molar-refractivity contribution in [3.8, 4) is 0 Å². The predicted octanol–water partition coefficient (Wildman–Crippen LogP) is 2.96. The zero-order valence-electron chi connectivity index (χ0n) is 12.7. The van der Waals surface area contributed by atoms with Gasteiger partial charge in [0, 0.05) is 29.0 Å². The maximum atomic E-state index is 12.5. The molecular formula is C18H18O4. The average Bonchev–Trinajstić information content (AvgIpc) is 2.47. The number of allylic oxidation sites excluding steroid dienone is 2. The number of Topliss-reactive ketones (excluding diaryl/α,β-unsaturated/α-hetero) is 3. The summed E-state index contributed by atoms with van der Waals surface area (Å²) < 4.78 is 0. The van der Waals surface area contributed by atoms with E-state index in [-0.39, 0.29) is 29.6 Å². The maximum absolute atomic E-state index is 12.5. The van der Waals surface area contributed by atoms with Crippen LogP contribution in [0.2, 0.25) is 0 Å². The smallest absolute Gasteiger partial charge is 0.189 e. The van der Waals surface area contributed by atoms with E-state index in [4.69, 9.17) is 0 Å². The fraction of sp³-hybridized carbons (Fsp3) is 0.333. The van der Waals surface area contributed by atoms with E-state index >= 15 is 0 Å². The highest BCUT2D eigenvalue weighted by Gasteiger charge is 2.28. The Labute approximate surface area is 129 Å². The first kappa shape index (κ1) is 16.0. The Bertz CT molecular complexity index is 682. The van der Waals surface area contributed by atoms with Crippen molar-refractivity contribution in [3.63, 3.8) is 0 Å². The standard InChI is InChI=1S/C18H18O4/c1-11(19)7-8-13(12(2)20)9-14-10-17(21)15-5-3-4-6-16(15)18(14)22/h3-6,10,13H,7-9H2,1-2H3. The Morgan fingerprint density at radius 2 is 1.68 bits per heavy atom. The van der Waals surface area contributed by atoms with Crippen LogP contribution in [0.3, 0.4) is 0 Å². The van der Waals surface area contributed by atoms with Crippen molar-refractivity contribution in [2.24, 2.45) is 5.92 Å². The number of hydrogen-bond donors (Lipinski definition) is 0. The maximum Gasteiger partial charge on any atom is 0.189 e. The van der Waals surface area contributed by atoms with Crippen molar-refractivity contribution < 1.29 is 19.2 Å². The molecule has 0 N–H and O–H groups in total. The first-order valence-electron chi connectivity index (χ1n) is 7.28. The topological polar surface area (TPSA) is 68.3 Å². The van der Waals surface area contributed by atoms with E-state index in [9.17, 15) is 19.2 Å². The Morgan fingerprint density at radius 1 is 1.05 bits per heavy atom. The summed E-state index contributed by atoms with van der Waals surface area (Å²) in [6.45, 7) is 2.93. The highest BCUT2D eigenvalue weighted by atomic mass is 16.1. The molecule has 114 valence electrons. The van der Waals surface area contributed by atoms with Crippen molar-refractivity contribution in [1.29, 1.82) is 0 Å². The highest BCUT2D eigenvalue weighted by molar-refractivity contribution is 6.24. The van der Waals surface area contributed by atoms with Crippen LogP contribution >= 0.6 is 0 Å². The summed E-state index contributed by atoms with van der Waals surface area (Å²) in [5.41, 5.74) is 1.14. The number of hydrogen-bond acceptors (Lipinski definition) is 4. The van der Waals surface area contributed by atoms with Gasteiger partial charge < -0.3 is 4.79 Å². The van der Waals surface area contributed by atoms with Gasteiger partial charge in [-0.2, -0.15) is 0 Å². The van der Waals surface area contributed by atoms with Gasteiger partial charge >= 0.3 is 0 Å². The largest absolute Gasteiger partial charge is 0.300 e. The molecule has 4 nitrogen and oxygen atoms in total. The van der Waals surface area contributed by atoms with Gasteiger partial charge in [-0.05, 0) is 32.8 Å². The second kappa shape index (κ2) is 6.60. The van der Waals surface area contributed by atoms with Crippen LogP contribution in [0.4, 0.5) is 0 Å². The van der Waals surface area contributed by atoms with Gasteiger partial charge in [-0.25, -0.2) is 0 Å². The third-order valence-electron chi connectivity index (χ3n) is 3.92. The zero-order valence-corrected chi connectivity index (χ0v) is 12.7. The third-order valence-corrected chi connectivity index (χ3v) is 3.92. The van der Waals surface area contributed by atoms with E-state index in [1.54, 1.807) is 24.3 Å². The predicted molar refractivity (Wildman–Crippen MR) is 81.9 cm³/mol. The summed E-state index contributed by atoms with van der Waals surface area (Å²) in [7, 11) is 0. The Balaban J connectivity index is 2.22. The minimum atomic E-state index is -0.405. The number of ketones is 4. The SMILES string of the molecule is CC(=O)CCC(CC1=CC(=O)c2ccccc2C1=O)C(C)=O. The lowest BCUT2D eigenvalue weighted by atomic mass is 9.83. The molecule has 0 saturated carbocycles. The van der Waals surface area contributed by atoms with Gasteiger partial charge in [0.2, 0.25) is 0 Å². The molecule has 0 amide bonds. The van der Waals surface area contributed by atoms with Gasteiger partial charge in [0.15, 0.2) is 11.6 Å². The van der Waals surface area contributed by atoms with Crippen molar-refractivity contribution in [2.45, 2.75) is 33.1 Å². The number of carbonyl (C=O) groups is 4. The zero-order chi connectivity index (χ0) is 16.3. The van der Waals surface area contributed by atoms with E-state index in [1.165, 1.54) is 19.9 Å². The average molecular weight is 298 g/mol. The molecule has 0 saturated heterocycles. The van der Waals surface area contributed by atoms with Gasteiger partial charge in [-0.1, -0.05) is 24.3 Å². The summed E-state index contributed by atoms with van der Waals surface area (Å²) in [6, 6.07) is 6.68. The quantitative estimate of drug-likeness (QED) is 0.809. The molecular weight excluding hydrogens is 280 g/mol. The van der Waals surface area contributed by atoms with Gasteiger partial charge in [0.05, 0.1) is 0 Å². The van der Waals surface area contributed by atoms with Crippen molar-refractivity contribution in [1.82, 2.24) is 0 Å². The van der Waals surface area contributed by atoms with Crippen LogP contribution in [-0.2, 0) is 9.59 Å². The Morgan fingerprint density at radius 3 is 2.27 bits per heavy atom. The van der Waals surface area contributed by atoms with Gasteiger partial charge in [0.25, 0.3) is 0 Å². The van der Waals surface area contributed by atoms with Gasteiger partial charge in [-0.3, -0.25) is 14.4 Å². The first-order valence-corrected chi connectivity index (χ1v) is 7.28. The van der Waals surface area contributed by atoms with E-state index in [1.807, 2.05) is 0 Å². The molecule has 0 aromatic heterocycles. The minimum Gasteiger partial charge on any atom is -0.300 e. The summed E-state index contributed by atoms with van der Waals surface area (Å²) in [4.78, 5) is 47.4. The van der Waals surface area contributed by atoms with Gasteiger partial charge in [0.1, 0.15) is 11.6 Å². The molecule has 22 heavy (non-hydrogen) atoms. The van der Waals surface area contributed by atoms with Crippen molar-refractivity contribution in [3.05, 3.63) is 47.0 Å². The number of carbonyl (C=O) groups excluding carboxylic acids is 4. The van der Waals surface area contributed by atoms with Crippen LogP contribution in [-0.4, -0.2) is 23.1 Å². The van der Waals surface area contributed by atoms with Crippen LogP contribution in [0.5, 0.6) is 0 Å². The summed E-state index contributed by atoms with van der Waals surface area (Å²) >= 11 is 0. The molecule has 0 spiro atoms. The van der Waals surface area contributed by atoms with E-state index in [0.29, 0.717) is 29.5 Å². The molecule has 0 aliphatic heterocycles. The molecule has 0 bridgehead atoms. The van der Waals surface area contributed by atoms with E-state index in [0.717, 1.165) is 0 Å². The Hall–Kier alpha value is -2.36. The monoisotopic (exact) mass is 298 g/mol. The second-order valence-electron chi connectivity index (χ2n) is 5.66. The Kier molecular flexibility index (Phi) is 4.81. The van der Waals surface area contributed by atoms with Crippen molar-refractivity contribution >= 4 is 23.1 Å². The summed E-state index contributed by atoms with van der Waals surface area (Å²) in [6.07, 6.45) is 2.25. The normalized spacial score (nSPS) is 15.1. The molecule has 1 atom stereocenters. The molecule has 1 aliphatic carbocycles. The lowest BCUT2D eigenvalue weighted by molar-refractivity contribution is -0.121. The highest BCUT2D eigenvalue weighted by Crippen LogP contribution is 2.27. The fourth-order valence-corrected chi connectivity index (χ4v) is 2.61. The lowest BCUT2D eigenvalue weighted by Gasteiger charge is -2.18. The lowest BCUT2D eigenvalue weighted by Crippen LogP contribution is -2.21. The fourth-order valence-electron chi connectivity index (χ4n) is 2.61. The minimum absolute atomic E-state index is 0.0108. The first-order chi connectivity index (χ1) is 10.4. The summed E-state index contributed by atoms with van der Waals surface area (Å²) in [5, 5.41) is 0. The van der Waals surface area contributed by atoms with Crippen LogP contribution in [0.1, 0.15) is 53.8 Å². The molecule has 0 heterocycles. The van der Waals surface area contributed by atoms with E-state index in [2.05, 4.69) is 0 Å². The molecule has 0 radical (unpaired) electrons. The molecule has 1 unspecified atom stereocenters. The van der Waals surface area contributed by atoms with Crippen LogP contribution in [0, 0.1) is 5.92 Å².